The van der Waals surface area contributed by atoms with Crippen LogP contribution in [0.15, 0.2) is 28.9 Å². The van der Waals surface area contributed by atoms with Gasteiger partial charge in [0.15, 0.2) is 11.6 Å². The molecule has 26 heavy (non-hydrogen) atoms. The normalized spacial score (nSPS) is 13.5. The molecular formula is C20H21N3O3. The zero-order valence-corrected chi connectivity index (χ0v) is 15.1. The van der Waals surface area contributed by atoms with E-state index in [1.807, 2.05) is 6.07 Å². The van der Waals surface area contributed by atoms with Gasteiger partial charge in [-0.3, -0.25) is 9.89 Å². The van der Waals surface area contributed by atoms with Gasteiger partial charge in [-0.1, -0.05) is 6.07 Å². The second kappa shape index (κ2) is 6.46. The number of H-pyrrole nitrogens is 1. The number of aromatic amines is 1. The van der Waals surface area contributed by atoms with Gasteiger partial charge in [-0.2, -0.15) is 5.10 Å². The van der Waals surface area contributed by atoms with Crippen LogP contribution in [-0.2, 0) is 17.8 Å². The van der Waals surface area contributed by atoms with Gasteiger partial charge in [-0.05, 0) is 43.5 Å². The van der Waals surface area contributed by atoms with Gasteiger partial charge in [0.05, 0.1) is 25.2 Å². The van der Waals surface area contributed by atoms with Crippen molar-refractivity contribution in [1.82, 2.24) is 10.2 Å². The first-order valence-electron chi connectivity index (χ1n) is 8.65. The quantitative estimate of drug-likeness (QED) is 0.749. The van der Waals surface area contributed by atoms with E-state index in [9.17, 15) is 4.79 Å². The lowest BCUT2D eigenvalue weighted by atomic mass is 9.99. The van der Waals surface area contributed by atoms with E-state index >= 15 is 0 Å². The molecule has 134 valence electrons. The summed E-state index contributed by atoms with van der Waals surface area (Å²) in [7, 11) is 0. The minimum absolute atomic E-state index is 0.289. The van der Waals surface area contributed by atoms with Crippen LogP contribution >= 0.6 is 0 Å². The number of carbonyl (C=O) groups excluding carboxylic acids is 1. The van der Waals surface area contributed by atoms with Crippen LogP contribution in [0.1, 0.15) is 38.4 Å². The third-order valence-electron chi connectivity index (χ3n) is 4.89. The molecular weight excluding hydrogens is 330 g/mol. The van der Waals surface area contributed by atoms with Gasteiger partial charge >= 0.3 is 0 Å². The number of hydrogen-bond acceptors (Lipinski definition) is 4. The van der Waals surface area contributed by atoms with E-state index in [-0.39, 0.29) is 5.91 Å². The van der Waals surface area contributed by atoms with Gasteiger partial charge in [0.1, 0.15) is 0 Å². The van der Waals surface area contributed by atoms with Crippen molar-refractivity contribution < 1.29 is 13.9 Å². The molecule has 0 atom stereocenters. The molecule has 0 fully saturated rings. The molecule has 4 rings (SSSR count). The van der Waals surface area contributed by atoms with Crippen LogP contribution in [0.2, 0.25) is 0 Å². The first kappa shape index (κ1) is 16.6. The SMILES string of the molecule is Cc1cc(C)c(-c2cc(NC(=O)c3occ4c3CCOC4)n[nH]2)cc1C. The molecule has 0 saturated carbocycles. The Kier molecular flexibility index (Phi) is 4.12. The van der Waals surface area contributed by atoms with Crippen LogP contribution in [0.5, 0.6) is 0 Å². The smallest absolute Gasteiger partial charge is 0.292 e. The molecule has 2 N–H and O–H groups in total. The summed E-state index contributed by atoms with van der Waals surface area (Å²) in [5.41, 5.74) is 7.45. The van der Waals surface area contributed by atoms with Gasteiger partial charge in [0.2, 0.25) is 0 Å². The number of rotatable bonds is 3. The number of benzene rings is 1. The summed E-state index contributed by atoms with van der Waals surface area (Å²) in [4.78, 5) is 12.6. The minimum Gasteiger partial charge on any atom is -0.458 e. The summed E-state index contributed by atoms with van der Waals surface area (Å²) >= 11 is 0. The molecule has 1 aliphatic heterocycles. The molecule has 0 unspecified atom stereocenters. The molecule has 2 aromatic heterocycles. The van der Waals surface area contributed by atoms with E-state index in [4.69, 9.17) is 9.15 Å². The average Bonchev–Trinajstić information content (AvgIpc) is 3.25. The van der Waals surface area contributed by atoms with E-state index in [1.54, 1.807) is 6.26 Å². The monoisotopic (exact) mass is 351 g/mol. The third-order valence-corrected chi connectivity index (χ3v) is 4.89. The fourth-order valence-corrected chi connectivity index (χ4v) is 3.31. The molecule has 0 saturated heterocycles. The summed E-state index contributed by atoms with van der Waals surface area (Å²) in [6, 6.07) is 6.13. The molecule has 0 aliphatic carbocycles. The lowest BCUT2D eigenvalue weighted by Crippen LogP contribution is -2.16. The van der Waals surface area contributed by atoms with E-state index in [0.29, 0.717) is 31.2 Å². The van der Waals surface area contributed by atoms with Crippen molar-refractivity contribution in [2.24, 2.45) is 0 Å². The lowest BCUT2D eigenvalue weighted by molar-refractivity contribution is 0.0988. The number of ether oxygens (including phenoxy) is 1. The molecule has 0 spiro atoms. The Hall–Kier alpha value is -2.86. The Labute approximate surface area is 151 Å². The summed E-state index contributed by atoms with van der Waals surface area (Å²) in [6.07, 6.45) is 2.28. The predicted molar refractivity (Wildman–Crippen MR) is 98.3 cm³/mol. The molecule has 3 heterocycles. The van der Waals surface area contributed by atoms with Crippen molar-refractivity contribution in [3.05, 3.63) is 58.0 Å². The highest BCUT2D eigenvalue weighted by Gasteiger charge is 2.23. The largest absolute Gasteiger partial charge is 0.458 e. The minimum atomic E-state index is -0.289. The van der Waals surface area contributed by atoms with Gasteiger partial charge in [-0.25, -0.2) is 0 Å². The first-order chi connectivity index (χ1) is 12.5. The second-order valence-electron chi connectivity index (χ2n) is 6.74. The van der Waals surface area contributed by atoms with Crippen LogP contribution in [0.4, 0.5) is 5.82 Å². The fourth-order valence-electron chi connectivity index (χ4n) is 3.31. The molecule has 1 amide bonds. The number of hydrogen-bond donors (Lipinski definition) is 2. The van der Waals surface area contributed by atoms with Crippen molar-refractivity contribution in [3.8, 4) is 11.3 Å². The topological polar surface area (TPSA) is 80.2 Å². The maximum atomic E-state index is 12.6. The van der Waals surface area contributed by atoms with E-state index in [2.05, 4.69) is 48.4 Å². The van der Waals surface area contributed by atoms with Crippen LogP contribution in [-0.4, -0.2) is 22.7 Å². The number of nitrogens with zero attached hydrogens (tertiary/aromatic N) is 1. The molecule has 1 aliphatic rings. The van der Waals surface area contributed by atoms with Crippen molar-refractivity contribution in [2.75, 3.05) is 11.9 Å². The van der Waals surface area contributed by atoms with Crippen molar-refractivity contribution in [3.63, 3.8) is 0 Å². The van der Waals surface area contributed by atoms with Gasteiger partial charge in [0.25, 0.3) is 5.91 Å². The standard InChI is InChI=1S/C20H21N3O3/c1-11-6-13(3)16(7-12(11)2)17-8-18(23-22-17)21-20(24)19-15-4-5-25-9-14(15)10-26-19/h6-8,10H,4-5,9H2,1-3H3,(H2,21,22,23,24). The highest BCUT2D eigenvalue weighted by molar-refractivity contribution is 6.03. The van der Waals surface area contributed by atoms with Crippen molar-refractivity contribution in [2.45, 2.75) is 33.8 Å². The highest BCUT2D eigenvalue weighted by Crippen LogP contribution is 2.27. The van der Waals surface area contributed by atoms with Crippen LogP contribution in [0.25, 0.3) is 11.3 Å². The molecule has 0 bridgehead atoms. The Morgan fingerprint density at radius 3 is 2.81 bits per heavy atom. The first-order valence-corrected chi connectivity index (χ1v) is 8.65. The molecule has 3 aromatic rings. The zero-order valence-electron chi connectivity index (χ0n) is 15.1. The number of fused-ring (bicyclic) bond motifs is 1. The number of nitrogens with one attached hydrogen (secondary N) is 2. The lowest BCUT2D eigenvalue weighted by Gasteiger charge is -2.11. The number of anilines is 1. The molecule has 6 nitrogen and oxygen atoms in total. The Morgan fingerprint density at radius 1 is 1.15 bits per heavy atom. The van der Waals surface area contributed by atoms with Crippen molar-refractivity contribution in [1.29, 1.82) is 0 Å². The molecule has 1 aromatic carbocycles. The van der Waals surface area contributed by atoms with Crippen molar-refractivity contribution >= 4 is 11.7 Å². The number of aryl methyl sites for hydroxylation is 3. The number of carbonyl (C=O) groups is 1. The number of furan rings is 1. The second-order valence-corrected chi connectivity index (χ2v) is 6.74. The Bertz CT molecular complexity index is 984. The summed E-state index contributed by atoms with van der Waals surface area (Å²) in [6.45, 7) is 7.34. The van der Waals surface area contributed by atoms with Crippen LogP contribution in [0.3, 0.4) is 0 Å². The van der Waals surface area contributed by atoms with Gasteiger partial charge in [0, 0.05) is 29.2 Å². The highest BCUT2D eigenvalue weighted by atomic mass is 16.5. The maximum Gasteiger partial charge on any atom is 0.292 e. The Morgan fingerprint density at radius 2 is 1.96 bits per heavy atom. The zero-order chi connectivity index (χ0) is 18.3. The summed E-state index contributed by atoms with van der Waals surface area (Å²) in [5.74, 6) is 0.526. The van der Waals surface area contributed by atoms with E-state index in [1.165, 1.54) is 11.1 Å². The molecule has 0 radical (unpaired) electrons. The number of aromatic nitrogens is 2. The fraction of sp³-hybridized carbons (Fsp3) is 0.300. The predicted octanol–water partition coefficient (Wildman–Crippen LogP) is 3.92. The van der Waals surface area contributed by atoms with Gasteiger partial charge in [-0.15, -0.1) is 0 Å². The van der Waals surface area contributed by atoms with Crippen LogP contribution < -0.4 is 5.32 Å². The Balaban J connectivity index is 1.57. The van der Waals surface area contributed by atoms with E-state index in [0.717, 1.165) is 27.9 Å². The summed E-state index contributed by atoms with van der Waals surface area (Å²) < 4.78 is 10.8. The van der Waals surface area contributed by atoms with Gasteiger partial charge < -0.3 is 14.5 Å². The summed E-state index contributed by atoms with van der Waals surface area (Å²) in [5, 5.41) is 10.0. The van der Waals surface area contributed by atoms with E-state index < -0.39 is 0 Å². The number of amides is 1. The van der Waals surface area contributed by atoms with Crippen LogP contribution in [0, 0.1) is 20.8 Å². The third kappa shape index (κ3) is 2.93. The maximum absolute atomic E-state index is 12.6. The molecule has 6 heteroatoms. The average molecular weight is 351 g/mol.